The number of imidazole rings is 1. The van der Waals surface area contributed by atoms with Crippen molar-refractivity contribution in [3.63, 3.8) is 0 Å². The summed E-state index contributed by atoms with van der Waals surface area (Å²) in [4.78, 5) is 9.23. The van der Waals surface area contributed by atoms with Gasteiger partial charge in [-0.2, -0.15) is 5.10 Å². The van der Waals surface area contributed by atoms with Crippen LogP contribution < -0.4 is 5.32 Å². The van der Waals surface area contributed by atoms with Gasteiger partial charge in [0.2, 0.25) is 5.95 Å². The molecule has 0 spiro atoms. The van der Waals surface area contributed by atoms with E-state index >= 15 is 0 Å². The fourth-order valence-electron chi connectivity index (χ4n) is 3.26. The predicted octanol–water partition coefficient (Wildman–Crippen LogP) is 2.31. The van der Waals surface area contributed by atoms with E-state index < -0.39 is 0 Å². The third kappa shape index (κ3) is 3.56. The number of anilines is 1. The Bertz CT molecular complexity index is 665. The van der Waals surface area contributed by atoms with Gasteiger partial charge >= 0.3 is 0 Å². The van der Waals surface area contributed by atoms with E-state index in [1.165, 1.54) is 0 Å². The van der Waals surface area contributed by atoms with Gasteiger partial charge in [0, 0.05) is 32.7 Å². The van der Waals surface area contributed by atoms with Crippen molar-refractivity contribution < 1.29 is 4.74 Å². The summed E-state index contributed by atoms with van der Waals surface area (Å²) < 4.78 is 7.57. The number of hydrogen-bond acceptors (Lipinski definition) is 6. The molecular weight excluding hydrogens is 304 g/mol. The Balaban J connectivity index is 1.87. The summed E-state index contributed by atoms with van der Waals surface area (Å²) in [7, 11) is 2.02. The Morgan fingerprint density at radius 2 is 1.96 bits per heavy atom. The van der Waals surface area contributed by atoms with Crippen LogP contribution in [0.4, 0.5) is 5.95 Å². The van der Waals surface area contributed by atoms with Gasteiger partial charge in [-0.1, -0.05) is 13.8 Å². The van der Waals surface area contributed by atoms with Crippen LogP contribution in [0.15, 0.2) is 12.4 Å². The van der Waals surface area contributed by atoms with Gasteiger partial charge < -0.3 is 14.6 Å². The number of nitrogens with zero attached hydrogens (tertiary/aromatic N) is 5. The number of hydrogen-bond donors (Lipinski definition) is 1. The molecule has 2 aromatic heterocycles. The average Bonchev–Trinajstić information content (AvgIpc) is 3.06. The van der Waals surface area contributed by atoms with Crippen molar-refractivity contribution in [1.29, 1.82) is 0 Å². The molecule has 1 N–H and O–H groups in total. The minimum absolute atomic E-state index is 0.0629. The Morgan fingerprint density at radius 3 is 2.58 bits per heavy atom. The Hall–Kier alpha value is -2.02. The second kappa shape index (κ2) is 7.70. The molecule has 0 aromatic carbocycles. The van der Waals surface area contributed by atoms with Gasteiger partial charge in [-0.3, -0.25) is 0 Å². The smallest absolute Gasteiger partial charge is 0.243 e. The van der Waals surface area contributed by atoms with Gasteiger partial charge in [0.15, 0.2) is 0 Å². The molecule has 1 fully saturated rings. The molecule has 0 saturated carbocycles. The Morgan fingerprint density at radius 1 is 1.21 bits per heavy atom. The molecule has 7 heteroatoms. The number of ether oxygens (including phenoxy) is 1. The van der Waals surface area contributed by atoms with E-state index in [-0.39, 0.29) is 6.04 Å². The molecule has 2 aromatic rings. The molecule has 0 aliphatic carbocycles. The summed E-state index contributed by atoms with van der Waals surface area (Å²) in [6.45, 7) is 5.76. The highest BCUT2D eigenvalue weighted by Crippen LogP contribution is 2.31. The molecule has 1 unspecified atom stereocenters. The first-order valence-corrected chi connectivity index (χ1v) is 8.76. The van der Waals surface area contributed by atoms with Gasteiger partial charge in [-0.25, -0.2) is 9.97 Å². The van der Waals surface area contributed by atoms with E-state index in [2.05, 4.69) is 43.9 Å². The number of aryl methyl sites for hydroxylation is 3. The maximum absolute atomic E-state index is 5.52. The van der Waals surface area contributed by atoms with Crippen molar-refractivity contribution in [3.05, 3.63) is 29.6 Å². The standard InChI is InChI=1S/C17H26N6O/c1-4-13-14(5-2)21-22-17(19-13)20-15(12-6-10-24-11-7-12)16-18-8-9-23(16)3/h8-9,12,15H,4-7,10-11H2,1-3H3,(H,19,20,22). The number of nitrogens with one attached hydrogen (secondary N) is 1. The average molecular weight is 330 g/mol. The lowest BCUT2D eigenvalue weighted by atomic mass is 9.91. The van der Waals surface area contributed by atoms with E-state index in [0.29, 0.717) is 11.9 Å². The van der Waals surface area contributed by atoms with Crippen LogP contribution in [-0.4, -0.2) is 37.9 Å². The molecule has 1 aliphatic rings. The van der Waals surface area contributed by atoms with Crippen LogP contribution in [0.1, 0.15) is 49.9 Å². The highest BCUT2D eigenvalue weighted by molar-refractivity contribution is 5.29. The van der Waals surface area contributed by atoms with Crippen molar-refractivity contribution in [2.24, 2.45) is 13.0 Å². The van der Waals surface area contributed by atoms with E-state index in [1.54, 1.807) is 0 Å². The SMILES string of the molecule is CCc1nnc(NC(c2nccn2C)C2CCOCC2)nc1CC. The normalized spacial score (nSPS) is 17.0. The molecule has 3 heterocycles. The highest BCUT2D eigenvalue weighted by atomic mass is 16.5. The van der Waals surface area contributed by atoms with Crippen LogP contribution in [0.5, 0.6) is 0 Å². The van der Waals surface area contributed by atoms with E-state index in [0.717, 1.165) is 56.1 Å². The summed E-state index contributed by atoms with van der Waals surface area (Å²) >= 11 is 0. The zero-order chi connectivity index (χ0) is 16.9. The van der Waals surface area contributed by atoms with Gasteiger partial charge in [-0.05, 0) is 31.6 Å². The van der Waals surface area contributed by atoms with E-state index in [1.807, 2.05) is 19.4 Å². The first-order chi connectivity index (χ1) is 11.7. The quantitative estimate of drug-likeness (QED) is 0.876. The van der Waals surface area contributed by atoms with Crippen LogP contribution in [0.25, 0.3) is 0 Å². The molecule has 130 valence electrons. The lowest BCUT2D eigenvalue weighted by Crippen LogP contribution is -2.29. The molecule has 0 bridgehead atoms. The molecule has 1 aliphatic heterocycles. The maximum Gasteiger partial charge on any atom is 0.243 e. The van der Waals surface area contributed by atoms with Gasteiger partial charge in [0.25, 0.3) is 0 Å². The van der Waals surface area contributed by atoms with Crippen LogP contribution in [0, 0.1) is 5.92 Å². The minimum Gasteiger partial charge on any atom is -0.381 e. The van der Waals surface area contributed by atoms with E-state index in [4.69, 9.17) is 4.74 Å². The third-order valence-electron chi connectivity index (χ3n) is 4.67. The predicted molar refractivity (Wildman–Crippen MR) is 91.7 cm³/mol. The van der Waals surface area contributed by atoms with Crippen LogP contribution in [0.2, 0.25) is 0 Å². The Labute approximate surface area is 142 Å². The molecule has 1 saturated heterocycles. The number of aromatic nitrogens is 5. The molecule has 0 radical (unpaired) electrons. The zero-order valence-electron chi connectivity index (χ0n) is 14.7. The summed E-state index contributed by atoms with van der Waals surface area (Å²) in [5.41, 5.74) is 1.99. The second-order valence-corrected chi connectivity index (χ2v) is 6.20. The first-order valence-electron chi connectivity index (χ1n) is 8.76. The highest BCUT2D eigenvalue weighted by Gasteiger charge is 2.29. The summed E-state index contributed by atoms with van der Waals surface area (Å²) in [6.07, 6.45) is 7.53. The van der Waals surface area contributed by atoms with Crippen molar-refractivity contribution in [2.75, 3.05) is 18.5 Å². The van der Waals surface area contributed by atoms with Gasteiger partial charge in [0.1, 0.15) is 5.82 Å². The zero-order valence-corrected chi connectivity index (χ0v) is 14.7. The van der Waals surface area contributed by atoms with Crippen molar-refractivity contribution in [1.82, 2.24) is 24.7 Å². The van der Waals surface area contributed by atoms with Crippen LogP contribution in [-0.2, 0) is 24.6 Å². The fourth-order valence-corrected chi connectivity index (χ4v) is 3.26. The third-order valence-corrected chi connectivity index (χ3v) is 4.67. The van der Waals surface area contributed by atoms with E-state index in [9.17, 15) is 0 Å². The molecule has 3 rings (SSSR count). The second-order valence-electron chi connectivity index (χ2n) is 6.20. The maximum atomic E-state index is 5.52. The lowest BCUT2D eigenvalue weighted by Gasteiger charge is -2.30. The molecular formula is C17H26N6O. The monoisotopic (exact) mass is 330 g/mol. The summed E-state index contributed by atoms with van der Waals surface area (Å²) in [5.74, 6) is 2.03. The van der Waals surface area contributed by atoms with Gasteiger partial charge in [-0.15, -0.1) is 5.10 Å². The van der Waals surface area contributed by atoms with Crippen LogP contribution >= 0.6 is 0 Å². The minimum atomic E-state index is 0.0629. The summed E-state index contributed by atoms with van der Waals surface area (Å²) in [6, 6.07) is 0.0629. The fraction of sp³-hybridized carbons (Fsp3) is 0.647. The molecule has 0 amide bonds. The number of rotatable bonds is 6. The molecule has 24 heavy (non-hydrogen) atoms. The molecule has 7 nitrogen and oxygen atoms in total. The van der Waals surface area contributed by atoms with Crippen molar-refractivity contribution in [2.45, 2.75) is 45.6 Å². The van der Waals surface area contributed by atoms with Crippen LogP contribution in [0.3, 0.4) is 0 Å². The summed E-state index contributed by atoms with van der Waals surface area (Å²) in [5, 5.41) is 12.1. The van der Waals surface area contributed by atoms with Crippen molar-refractivity contribution in [3.8, 4) is 0 Å². The largest absolute Gasteiger partial charge is 0.381 e. The van der Waals surface area contributed by atoms with Crippen molar-refractivity contribution >= 4 is 5.95 Å². The first kappa shape index (κ1) is 16.8. The lowest BCUT2D eigenvalue weighted by molar-refractivity contribution is 0.0593. The topological polar surface area (TPSA) is 77.8 Å². The van der Waals surface area contributed by atoms with Gasteiger partial charge in [0.05, 0.1) is 17.4 Å². The molecule has 1 atom stereocenters. The Kier molecular flexibility index (Phi) is 5.40.